The largest absolute Gasteiger partial charge is 0.480 e. The monoisotopic (exact) mass is 311 g/mol. The Balaban J connectivity index is 1.94. The Morgan fingerprint density at radius 3 is 2.13 bits per heavy atom. The van der Waals surface area contributed by atoms with Gasteiger partial charge in [0.05, 0.1) is 0 Å². The van der Waals surface area contributed by atoms with E-state index in [0.717, 1.165) is 11.1 Å². The van der Waals surface area contributed by atoms with Crippen molar-refractivity contribution in [2.24, 2.45) is 0 Å². The topological polar surface area (TPSA) is 66.4 Å². The van der Waals surface area contributed by atoms with Crippen molar-refractivity contribution in [3.63, 3.8) is 0 Å². The van der Waals surface area contributed by atoms with Gasteiger partial charge in [0.2, 0.25) is 5.91 Å². The second kappa shape index (κ2) is 8.13. The summed E-state index contributed by atoms with van der Waals surface area (Å²) in [5.41, 5.74) is 1.95. The first-order valence-corrected chi connectivity index (χ1v) is 7.67. The number of hydrogen-bond donors (Lipinski definition) is 2. The van der Waals surface area contributed by atoms with Gasteiger partial charge in [-0.3, -0.25) is 4.79 Å². The minimum absolute atomic E-state index is 0.0439. The molecule has 0 bridgehead atoms. The van der Waals surface area contributed by atoms with E-state index in [4.69, 9.17) is 0 Å². The summed E-state index contributed by atoms with van der Waals surface area (Å²) in [5.74, 6) is -1.22. The molecule has 2 aromatic carbocycles. The molecule has 4 nitrogen and oxygen atoms in total. The first-order valence-electron chi connectivity index (χ1n) is 7.67. The molecule has 0 saturated heterocycles. The molecule has 1 amide bonds. The van der Waals surface area contributed by atoms with Crippen LogP contribution < -0.4 is 5.32 Å². The van der Waals surface area contributed by atoms with E-state index in [2.05, 4.69) is 5.32 Å². The molecule has 2 rings (SSSR count). The van der Waals surface area contributed by atoms with Gasteiger partial charge in [-0.15, -0.1) is 0 Å². The van der Waals surface area contributed by atoms with E-state index >= 15 is 0 Å². The Morgan fingerprint density at radius 2 is 1.57 bits per heavy atom. The average molecular weight is 311 g/mol. The van der Waals surface area contributed by atoms with Crippen molar-refractivity contribution >= 4 is 11.9 Å². The smallest absolute Gasteiger partial charge is 0.326 e. The van der Waals surface area contributed by atoms with Crippen LogP contribution in [0.2, 0.25) is 0 Å². The molecule has 0 fully saturated rings. The predicted octanol–water partition coefficient (Wildman–Crippen LogP) is 2.99. The number of carbonyl (C=O) groups is 2. The fraction of sp³-hybridized carbons (Fsp3) is 0.263. The average Bonchev–Trinajstić information content (AvgIpc) is 2.56. The maximum absolute atomic E-state index is 12.2. The molecule has 2 atom stereocenters. The number of aliphatic carboxylic acids is 1. The van der Waals surface area contributed by atoms with Crippen LogP contribution in [0.15, 0.2) is 60.7 Å². The van der Waals surface area contributed by atoms with Crippen LogP contribution in [-0.4, -0.2) is 23.0 Å². The van der Waals surface area contributed by atoms with Crippen molar-refractivity contribution in [1.29, 1.82) is 0 Å². The third kappa shape index (κ3) is 5.25. The van der Waals surface area contributed by atoms with E-state index in [1.807, 2.05) is 67.6 Å². The Bertz CT molecular complexity index is 640. The quantitative estimate of drug-likeness (QED) is 0.826. The molecule has 2 N–H and O–H groups in total. The van der Waals surface area contributed by atoms with Crippen molar-refractivity contribution in [3.05, 3.63) is 71.8 Å². The molecule has 0 saturated carbocycles. The molecule has 1 unspecified atom stereocenters. The minimum Gasteiger partial charge on any atom is -0.480 e. The Kier molecular flexibility index (Phi) is 5.92. The summed E-state index contributed by atoms with van der Waals surface area (Å²) in [6, 6.07) is 18.1. The third-order valence-corrected chi connectivity index (χ3v) is 3.78. The van der Waals surface area contributed by atoms with Gasteiger partial charge in [-0.25, -0.2) is 4.79 Å². The molecular weight excluding hydrogens is 290 g/mol. The molecule has 2 aromatic rings. The maximum Gasteiger partial charge on any atom is 0.326 e. The van der Waals surface area contributed by atoms with Crippen molar-refractivity contribution in [1.82, 2.24) is 5.32 Å². The highest BCUT2D eigenvalue weighted by Gasteiger charge is 2.21. The van der Waals surface area contributed by atoms with Crippen LogP contribution in [0.5, 0.6) is 0 Å². The number of nitrogens with one attached hydrogen (secondary N) is 1. The van der Waals surface area contributed by atoms with Crippen LogP contribution in [0.1, 0.15) is 30.4 Å². The predicted molar refractivity (Wildman–Crippen MR) is 89.2 cm³/mol. The number of carboxylic acids is 1. The second-order valence-corrected chi connectivity index (χ2v) is 5.66. The lowest BCUT2D eigenvalue weighted by Gasteiger charge is -2.17. The fourth-order valence-electron chi connectivity index (χ4n) is 2.48. The summed E-state index contributed by atoms with van der Waals surface area (Å²) in [6.07, 6.45) is 0.546. The normalized spacial score (nSPS) is 13.1. The minimum atomic E-state index is -1.02. The van der Waals surface area contributed by atoms with E-state index in [1.165, 1.54) is 0 Å². The molecule has 23 heavy (non-hydrogen) atoms. The zero-order chi connectivity index (χ0) is 16.7. The van der Waals surface area contributed by atoms with Gasteiger partial charge in [0, 0.05) is 12.8 Å². The molecule has 0 spiro atoms. The van der Waals surface area contributed by atoms with Crippen molar-refractivity contribution in [2.75, 3.05) is 0 Å². The third-order valence-electron chi connectivity index (χ3n) is 3.78. The highest BCUT2D eigenvalue weighted by Crippen LogP contribution is 2.18. The van der Waals surface area contributed by atoms with Gasteiger partial charge in [-0.1, -0.05) is 67.6 Å². The molecule has 120 valence electrons. The summed E-state index contributed by atoms with van der Waals surface area (Å²) in [5, 5.41) is 11.9. The molecular formula is C19H21NO3. The lowest BCUT2D eigenvalue weighted by Crippen LogP contribution is -2.42. The zero-order valence-corrected chi connectivity index (χ0v) is 13.1. The number of rotatable bonds is 7. The zero-order valence-electron chi connectivity index (χ0n) is 13.1. The van der Waals surface area contributed by atoms with Crippen molar-refractivity contribution < 1.29 is 14.7 Å². The standard InChI is InChI=1S/C19H21NO3/c1-14(16-10-6-3-7-11-16)12-18(21)20-17(19(22)23)13-15-8-4-2-5-9-15/h2-11,14,17H,12-13H2,1H3,(H,20,21)(H,22,23)/t14?,17-/m0/s1. The van der Waals surface area contributed by atoms with Crippen molar-refractivity contribution in [2.45, 2.75) is 31.7 Å². The second-order valence-electron chi connectivity index (χ2n) is 5.66. The van der Waals surface area contributed by atoms with Gasteiger partial charge in [0.15, 0.2) is 0 Å². The number of amides is 1. The van der Waals surface area contributed by atoms with E-state index < -0.39 is 12.0 Å². The molecule has 0 heterocycles. The number of hydrogen-bond acceptors (Lipinski definition) is 2. The van der Waals surface area contributed by atoms with Gasteiger partial charge in [0.1, 0.15) is 6.04 Å². The van der Waals surface area contributed by atoms with Crippen molar-refractivity contribution in [3.8, 4) is 0 Å². The highest BCUT2D eigenvalue weighted by molar-refractivity contribution is 5.84. The number of benzene rings is 2. The molecule has 0 aromatic heterocycles. The first-order chi connectivity index (χ1) is 11.1. The summed E-state index contributed by atoms with van der Waals surface area (Å²) < 4.78 is 0. The number of carboxylic acid groups (broad SMARTS) is 1. The lowest BCUT2D eigenvalue weighted by molar-refractivity contribution is -0.141. The van der Waals surface area contributed by atoms with Gasteiger partial charge in [-0.2, -0.15) is 0 Å². The molecule has 0 aliphatic rings. The van der Waals surface area contributed by atoms with Gasteiger partial charge in [-0.05, 0) is 17.0 Å². The van der Waals surface area contributed by atoms with Crippen LogP contribution in [0.4, 0.5) is 0 Å². The molecule has 0 aliphatic heterocycles. The lowest BCUT2D eigenvalue weighted by atomic mass is 9.97. The van der Waals surface area contributed by atoms with E-state index in [-0.39, 0.29) is 24.7 Å². The Labute approximate surface area is 136 Å². The van der Waals surface area contributed by atoms with Crippen LogP contribution >= 0.6 is 0 Å². The fourth-order valence-corrected chi connectivity index (χ4v) is 2.48. The van der Waals surface area contributed by atoms with Crippen LogP contribution in [0.3, 0.4) is 0 Å². The summed E-state index contributed by atoms with van der Waals surface area (Å²) in [4.78, 5) is 23.5. The van der Waals surface area contributed by atoms with Gasteiger partial charge >= 0.3 is 5.97 Å². The van der Waals surface area contributed by atoms with E-state index in [0.29, 0.717) is 0 Å². The molecule has 4 heteroatoms. The summed E-state index contributed by atoms with van der Waals surface area (Å²) >= 11 is 0. The maximum atomic E-state index is 12.2. The molecule has 0 aliphatic carbocycles. The Morgan fingerprint density at radius 1 is 1.00 bits per heavy atom. The highest BCUT2D eigenvalue weighted by atomic mass is 16.4. The summed E-state index contributed by atoms with van der Waals surface area (Å²) in [7, 11) is 0. The number of carbonyl (C=O) groups excluding carboxylic acids is 1. The van der Waals surface area contributed by atoms with Gasteiger partial charge in [0.25, 0.3) is 0 Å². The SMILES string of the molecule is CC(CC(=O)N[C@@H](Cc1ccccc1)C(=O)O)c1ccccc1. The Hall–Kier alpha value is -2.62. The summed E-state index contributed by atoms with van der Waals surface area (Å²) in [6.45, 7) is 1.96. The van der Waals surface area contributed by atoms with E-state index in [1.54, 1.807) is 0 Å². The van der Waals surface area contributed by atoms with E-state index in [9.17, 15) is 14.7 Å². The first kappa shape index (κ1) is 16.7. The van der Waals surface area contributed by atoms with Crippen LogP contribution in [0, 0.1) is 0 Å². The van der Waals surface area contributed by atoms with Crippen LogP contribution in [-0.2, 0) is 16.0 Å². The van der Waals surface area contributed by atoms with Gasteiger partial charge < -0.3 is 10.4 Å². The molecule has 0 radical (unpaired) electrons. The van der Waals surface area contributed by atoms with Crippen LogP contribution in [0.25, 0.3) is 0 Å².